The minimum atomic E-state index is -0.570. The number of carbonyl (C=O) groups is 1. The predicted octanol–water partition coefficient (Wildman–Crippen LogP) is 3.33. The Balaban J connectivity index is 2.37. The number of hydrogen-bond donors (Lipinski definition) is 1. The van der Waals surface area contributed by atoms with Crippen molar-refractivity contribution in [3.05, 3.63) is 23.8 Å². The largest absolute Gasteiger partial charge is 0.447 e. The van der Waals surface area contributed by atoms with Gasteiger partial charge in [-0.3, -0.25) is 5.32 Å². The summed E-state index contributed by atoms with van der Waals surface area (Å²) in [7, 11) is 0. The Kier molecular flexibility index (Phi) is 7.79. The first kappa shape index (κ1) is 16.9. The highest BCUT2D eigenvalue weighted by Crippen LogP contribution is 2.22. The van der Waals surface area contributed by atoms with Crippen molar-refractivity contribution in [2.45, 2.75) is 26.7 Å². The molecule has 0 saturated heterocycles. The van der Waals surface area contributed by atoms with Crippen LogP contribution < -0.4 is 5.32 Å². The molecule has 1 amide bonds. The van der Waals surface area contributed by atoms with E-state index in [2.05, 4.69) is 17.2 Å². The second kappa shape index (κ2) is 9.69. The highest BCUT2D eigenvalue weighted by atomic mass is 16.6. The highest BCUT2D eigenvalue weighted by molar-refractivity contribution is 5.85. The monoisotopic (exact) mass is 292 g/mol. The second-order valence-corrected chi connectivity index (χ2v) is 4.43. The van der Waals surface area contributed by atoms with Crippen molar-refractivity contribution < 1.29 is 19.1 Å². The average Bonchev–Trinajstić information content (AvgIpc) is 2.46. The number of nitrogens with one attached hydrogen (secondary N) is 1. The Bertz CT molecular complexity index is 510. The van der Waals surface area contributed by atoms with Crippen LogP contribution in [0.1, 0.15) is 25.3 Å². The number of rotatable bonds is 8. The van der Waals surface area contributed by atoms with Gasteiger partial charge in [-0.25, -0.2) is 9.59 Å². The van der Waals surface area contributed by atoms with Gasteiger partial charge in [0, 0.05) is 12.3 Å². The van der Waals surface area contributed by atoms with Crippen LogP contribution in [0.4, 0.5) is 16.2 Å². The van der Waals surface area contributed by atoms with Crippen LogP contribution in [0.2, 0.25) is 0 Å². The molecule has 1 aromatic carbocycles. The van der Waals surface area contributed by atoms with Gasteiger partial charge in [0.2, 0.25) is 6.08 Å². The third kappa shape index (κ3) is 6.70. The van der Waals surface area contributed by atoms with Crippen molar-refractivity contribution >= 4 is 23.5 Å². The molecule has 0 fully saturated rings. The summed E-state index contributed by atoms with van der Waals surface area (Å²) in [4.78, 5) is 25.4. The van der Waals surface area contributed by atoms with Crippen LogP contribution in [0.3, 0.4) is 0 Å². The molecule has 1 rings (SSSR count). The molecule has 0 aliphatic heterocycles. The smallest absolute Gasteiger partial charge is 0.411 e. The Morgan fingerprint density at radius 1 is 1.33 bits per heavy atom. The maximum absolute atomic E-state index is 11.6. The van der Waals surface area contributed by atoms with E-state index < -0.39 is 6.09 Å². The molecule has 6 heteroatoms. The first-order valence-corrected chi connectivity index (χ1v) is 6.87. The van der Waals surface area contributed by atoms with Gasteiger partial charge in [0.15, 0.2) is 0 Å². The summed E-state index contributed by atoms with van der Waals surface area (Å²) in [5.74, 6) is 0. The average molecular weight is 292 g/mol. The van der Waals surface area contributed by atoms with E-state index >= 15 is 0 Å². The first-order chi connectivity index (χ1) is 10.2. The Hall–Kier alpha value is -2.17. The number of nitrogens with zero attached hydrogens (tertiary/aromatic N) is 1. The van der Waals surface area contributed by atoms with E-state index in [-0.39, 0.29) is 6.61 Å². The molecule has 0 radical (unpaired) electrons. The zero-order chi connectivity index (χ0) is 15.5. The molecule has 0 saturated carbocycles. The van der Waals surface area contributed by atoms with Crippen molar-refractivity contribution in [1.82, 2.24) is 0 Å². The van der Waals surface area contributed by atoms with Crippen molar-refractivity contribution in [3.8, 4) is 0 Å². The number of unbranched alkanes of at least 4 members (excludes halogenated alkanes) is 1. The maximum Gasteiger partial charge on any atom is 0.411 e. The lowest BCUT2D eigenvalue weighted by Gasteiger charge is -2.08. The zero-order valence-electron chi connectivity index (χ0n) is 12.3. The molecule has 0 heterocycles. The van der Waals surface area contributed by atoms with Crippen LogP contribution in [0.15, 0.2) is 23.2 Å². The number of aliphatic imine (C=N–C) groups is 1. The summed E-state index contributed by atoms with van der Waals surface area (Å²) in [6.45, 7) is 5.14. The van der Waals surface area contributed by atoms with Crippen LogP contribution in [-0.4, -0.2) is 32.0 Å². The lowest BCUT2D eigenvalue weighted by atomic mass is 10.2. The number of benzene rings is 1. The summed E-state index contributed by atoms with van der Waals surface area (Å²) >= 11 is 0. The summed E-state index contributed by atoms with van der Waals surface area (Å²) < 4.78 is 10.3. The number of anilines is 1. The third-order valence-electron chi connectivity index (χ3n) is 2.72. The topological polar surface area (TPSA) is 77.0 Å². The molecule has 1 N–H and O–H groups in total. The fourth-order valence-corrected chi connectivity index (χ4v) is 1.55. The van der Waals surface area contributed by atoms with Crippen LogP contribution in [0.25, 0.3) is 0 Å². The van der Waals surface area contributed by atoms with Gasteiger partial charge in [0.05, 0.1) is 12.3 Å². The van der Waals surface area contributed by atoms with E-state index in [9.17, 15) is 9.59 Å². The standard InChI is InChI=1S/C15H20N2O4/c1-3-4-7-20-8-9-21-15(19)17-13-6-5-12(2)14(10-13)16-11-18/h5-6,10H,3-4,7-9H2,1-2H3,(H,17,19). The Morgan fingerprint density at radius 2 is 2.14 bits per heavy atom. The van der Waals surface area contributed by atoms with Crippen molar-refractivity contribution in [2.24, 2.45) is 4.99 Å². The lowest BCUT2D eigenvalue weighted by molar-refractivity contribution is 0.0768. The summed E-state index contributed by atoms with van der Waals surface area (Å²) in [5.41, 5.74) is 1.79. The minimum Gasteiger partial charge on any atom is -0.447 e. The van der Waals surface area contributed by atoms with Gasteiger partial charge >= 0.3 is 6.09 Å². The number of carbonyl (C=O) groups excluding carboxylic acids is 2. The molecular formula is C15H20N2O4. The van der Waals surface area contributed by atoms with E-state index in [1.807, 2.05) is 6.92 Å². The molecule has 0 aromatic heterocycles. The van der Waals surface area contributed by atoms with Crippen LogP contribution in [0, 0.1) is 6.92 Å². The van der Waals surface area contributed by atoms with Gasteiger partial charge in [0.1, 0.15) is 6.61 Å². The first-order valence-electron chi connectivity index (χ1n) is 6.87. The SMILES string of the molecule is CCCCOCCOC(=O)Nc1ccc(C)c(N=C=O)c1. The van der Waals surface area contributed by atoms with Gasteiger partial charge in [-0.1, -0.05) is 19.4 Å². The molecule has 0 atom stereocenters. The summed E-state index contributed by atoms with van der Waals surface area (Å²) in [6, 6.07) is 5.04. The van der Waals surface area contributed by atoms with Gasteiger partial charge < -0.3 is 9.47 Å². The maximum atomic E-state index is 11.6. The van der Waals surface area contributed by atoms with Gasteiger partial charge in [-0.15, -0.1) is 0 Å². The zero-order valence-corrected chi connectivity index (χ0v) is 12.3. The summed E-state index contributed by atoms with van der Waals surface area (Å²) in [5, 5.41) is 2.56. The number of amides is 1. The molecular weight excluding hydrogens is 272 g/mol. The molecule has 6 nitrogen and oxygen atoms in total. The van der Waals surface area contributed by atoms with Crippen LogP contribution in [0.5, 0.6) is 0 Å². The van der Waals surface area contributed by atoms with E-state index in [0.29, 0.717) is 24.6 Å². The quantitative estimate of drug-likeness (QED) is 0.453. The normalized spacial score (nSPS) is 9.81. The lowest BCUT2D eigenvalue weighted by Crippen LogP contribution is -2.17. The Labute approximate surface area is 124 Å². The minimum absolute atomic E-state index is 0.195. The molecule has 0 spiro atoms. The number of hydrogen-bond acceptors (Lipinski definition) is 5. The van der Waals surface area contributed by atoms with Crippen LogP contribution in [-0.2, 0) is 14.3 Å². The molecule has 0 aliphatic rings. The number of isocyanates is 1. The van der Waals surface area contributed by atoms with Crippen LogP contribution >= 0.6 is 0 Å². The molecule has 0 unspecified atom stereocenters. The fourth-order valence-electron chi connectivity index (χ4n) is 1.55. The van der Waals surface area contributed by atoms with Gasteiger partial charge in [-0.05, 0) is 31.0 Å². The Morgan fingerprint density at radius 3 is 2.86 bits per heavy atom. The fraction of sp³-hybridized carbons (Fsp3) is 0.467. The third-order valence-corrected chi connectivity index (χ3v) is 2.72. The van der Waals surface area contributed by atoms with Crippen molar-refractivity contribution in [3.63, 3.8) is 0 Å². The van der Waals surface area contributed by atoms with E-state index in [4.69, 9.17) is 9.47 Å². The summed E-state index contributed by atoms with van der Waals surface area (Å²) in [6.07, 6.45) is 2.97. The van der Waals surface area contributed by atoms with Gasteiger partial charge in [0.25, 0.3) is 0 Å². The number of ether oxygens (including phenoxy) is 2. The molecule has 1 aromatic rings. The molecule has 114 valence electrons. The van der Waals surface area contributed by atoms with E-state index in [0.717, 1.165) is 18.4 Å². The molecule has 0 aliphatic carbocycles. The van der Waals surface area contributed by atoms with E-state index in [1.54, 1.807) is 18.2 Å². The second-order valence-electron chi connectivity index (χ2n) is 4.43. The predicted molar refractivity (Wildman–Crippen MR) is 79.7 cm³/mol. The van der Waals surface area contributed by atoms with Gasteiger partial charge in [-0.2, -0.15) is 4.99 Å². The van der Waals surface area contributed by atoms with Crippen molar-refractivity contribution in [2.75, 3.05) is 25.1 Å². The molecule has 21 heavy (non-hydrogen) atoms. The number of aryl methyl sites for hydroxylation is 1. The highest BCUT2D eigenvalue weighted by Gasteiger charge is 2.05. The van der Waals surface area contributed by atoms with Crippen molar-refractivity contribution in [1.29, 1.82) is 0 Å². The molecule has 0 bridgehead atoms. The van der Waals surface area contributed by atoms with E-state index in [1.165, 1.54) is 6.08 Å².